The molecule has 2 heterocycles. The summed E-state index contributed by atoms with van der Waals surface area (Å²) in [6.45, 7) is 3.05. The third-order valence-electron chi connectivity index (χ3n) is 5.59. The number of anilines is 1. The summed E-state index contributed by atoms with van der Waals surface area (Å²) in [6.07, 6.45) is 3.25. The van der Waals surface area contributed by atoms with E-state index in [1.807, 2.05) is 9.47 Å². The van der Waals surface area contributed by atoms with E-state index in [0.29, 0.717) is 37.4 Å². The summed E-state index contributed by atoms with van der Waals surface area (Å²) >= 11 is 0. The second kappa shape index (κ2) is 7.78. The van der Waals surface area contributed by atoms with Crippen molar-refractivity contribution in [2.24, 2.45) is 0 Å². The van der Waals surface area contributed by atoms with Gasteiger partial charge < -0.3 is 19.1 Å². The number of esters is 1. The monoisotopic (exact) mass is 412 g/mol. The van der Waals surface area contributed by atoms with E-state index in [1.165, 1.54) is 19.2 Å². The standard InChI is InChI=1S/C21H21FN4O4/c1-13(27)24-5-7-25(8-6-24)19-11-18-15(10-17(19)22)20(28)16(21(29)30-9-4-23)12-26(18)14-2-3-14/h10-12,14H,2-3,5-9H2,1H3. The molecular weight excluding hydrogens is 391 g/mol. The Labute approximate surface area is 172 Å². The molecule has 0 N–H and O–H groups in total. The van der Waals surface area contributed by atoms with Crippen LogP contribution < -0.4 is 10.3 Å². The van der Waals surface area contributed by atoms with Gasteiger partial charge in [0.1, 0.15) is 17.4 Å². The minimum atomic E-state index is -0.886. The van der Waals surface area contributed by atoms with Gasteiger partial charge in [-0.15, -0.1) is 0 Å². The smallest absolute Gasteiger partial charge is 0.344 e. The average Bonchev–Trinajstić information content (AvgIpc) is 3.57. The highest BCUT2D eigenvalue weighted by Crippen LogP contribution is 2.38. The van der Waals surface area contributed by atoms with Crippen molar-refractivity contribution in [3.8, 4) is 6.07 Å². The van der Waals surface area contributed by atoms with Gasteiger partial charge in [0, 0.05) is 50.7 Å². The maximum atomic E-state index is 15.0. The number of fused-ring (bicyclic) bond motifs is 1. The second-order valence-electron chi connectivity index (χ2n) is 7.56. The first-order chi connectivity index (χ1) is 14.4. The maximum absolute atomic E-state index is 15.0. The molecule has 1 aliphatic carbocycles. The molecule has 2 aromatic rings. The van der Waals surface area contributed by atoms with Gasteiger partial charge in [0.2, 0.25) is 11.3 Å². The molecule has 0 unspecified atom stereocenters. The summed E-state index contributed by atoms with van der Waals surface area (Å²) in [5, 5.41) is 8.72. The Morgan fingerprint density at radius 1 is 1.23 bits per heavy atom. The lowest BCUT2D eigenvalue weighted by atomic mass is 10.1. The third-order valence-corrected chi connectivity index (χ3v) is 5.59. The predicted molar refractivity (Wildman–Crippen MR) is 107 cm³/mol. The molecule has 1 amide bonds. The van der Waals surface area contributed by atoms with Crippen molar-refractivity contribution in [3.63, 3.8) is 0 Å². The normalized spacial score (nSPS) is 16.4. The van der Waals surface area contributed by atoms with Crippen LogP contribution in [0.2, 0.25) is 0 Å². The van der Waals surface area contributed by atoms with Crippen molar-refractivity contribution in [2.75, 3.05) is 37.7 Å². The van der Waals surface area contributed by atoms with E-state index in [0.717, 1.165) is 12.8 Å². The lowest BCUT2D eigenvalue weighted by Crippen LogP contribution is -2.48. The number of carbonyl (C=O) groups excluding carboxylic acids is 2. The number of carbonyl (C=O) groups is 2. The maximum Gasteiger partial charge on any atom is 0.344 e. The van der Waals surface area contributed by atoms with Crippen LogP contribution in [0.25, 0.3) is 10.9 Å². The predicted octanol–water partition coefficient (Wildman–Crippen LogP) is 1.82. The topological polar surface area (TPSA) is 95.6 Å². The second-order valence-corrected chi connectivity index (χ2v) is 7.56. The Bertz CT molecular complexity index is 1120. The number of benzene rings is 1. The van der Waals surface area contributed by atoms with Crippen LogP contribution in [0.15, 0.2) is 23.1 Å². The molecule has 30 heavy (non-hydrogen) atoms. The van der Waals surface area contributed by atoms with Crippen molar-refractivity contribution < 1.29 is 18.7 Å². The summed E-state index contributed by atoms with van der Waals surface area (Å²) in [4.78, 5) is 40.2. The molecule has 1 aliphatic heterocycles. The van der Waals surface area contributed by atoms with Crippen LogP contribution in [0, 0.1) is 17.1 Å². The number of hydrogen-bond donors (Lipinski definition) is 0. The highest BCUT2D eigenvalue weighted by molar-refractivity contribution is 5.94. The van der Waals surface area contributed by atoms with Crippen molar-refractivity contribution in [1.29, 1.82) is 5.26 Å². The summed E-state index contributed by atoms with van der Waals surface area (Å²) in [5.74, 6) is -1.45. The van der Waals surface area contributed by atoms with Gasteiger partial charge in [-0.1, -0.05) is 0 Å². The first kappa shape index (κ1) is 19.9. The zero-order valence-corrected chi connectivity index (χ0v) is 16.6. The van der Waals surface area contributed by atoms with Gasteiger partial charge in [0.15, 0.2) is 6.61 Å². The van der Waals surface area contributed by atoms with E-state index in [1.54, 1.807) is 17.0 Å². The van der Waals surface area contributed by atoms with Crippen LogP contribution in [0.3, 0.4) is 0 Å². The molecule has 156 valence electrons. The Balaban J connectivity index is 1.76. The van der Waals surface area contributed by atoms with Crippen molar-refractivity contribution in [2.45, 2.75) is 25.8 Å². The molecule has 1 aromatic carbocycles. The molecule has 1 aromatic heterocycles. The SMILES string of the molecule is CC(=O)N1CCN(c2cc3c(cc2F)c(=O)c(C(=O)OCC#N)cn3C2CC2)CC1. The third kappa shape index (κ3) is 3.61. The van der Waals surface area contributed by atoms with Gasteiger partial charge in [-0.2, -0.15) is 5.26 Å². The van der Waals surface area contributed by atoms with Crippen LogP contribution in [0.4, 0.5) is 10.1 Å². The molecule has 1 saturated heterocycles. The molecule has 8 nitrogen and oxygen atoms in total. The number of hydrogen-bond acceptors (Lipinski definition) is 6. The summed E-state index contributed by atoms with van der Waals surface area (Å²) in [7, 11) is 0. The highest BCUT2D eigenvalue weighted by Gasteiger charge is 2.29. The number of halogens is 1. The number of amides is 1. The molecule has 2 aliphatic rings. The van der Waals surface area contributed by atoms with E-state index in [2.05, 4.69) is 0 Å². The number of rotatable bonds is 4. The Kier molecular flexibility index (Phi) is 5.16. The van der Waals surface area contributed by atoms with E-state index >= 15 is 0 Å². The Morgan fingerprint density at radius 2 is 1.93 bits per heavy atom. The van der Waals surface area contributed by atoms with Gasteiger partial charge in [0.25, 0.3) is 0 Å². The summed E-state index contributed by atoms with van der Waals surface area (Å²) < 4.78 is 21.6. The van der Waals surface area contributed by atoms with E-state index < -0.39 is 23.8 Å². The van der Waals surface area contributed by atoms with Crippen molar-refractivity contribution in [3.05, 3.63) is 39.9 Å². The number of ether oxygens (including phenoxy) is 1. The van der Waals surface area contributed by atoms with Crippen molar-refractivity contribution in [1.82, 2.24) is 9.47 Å². The van der Waals surface area contributed by atoms with Crippen LogP contribution in [0.1, 0.15) is 36.2 Å². The number of nitriles is 1. The first-order valence-electron chi connectivity index (χ1n) is 9.83. The Hall–Kier alpha value is -3.41. The highest BCUT2D eigenvalue weighted by atomic mass is 19.1. The van der Waals surface area contributed by atoms with Gasteiger partial charge >= 0.3 is 5.97 Å². The van der Waals surface area contributed by atoms with Crippen LogP contribution in [-0.2, 0) is 9.53 Å². The molecule has 0 radical (unpaired) electrons. The first-order valence-corrected chi connectivity index (χ1v) is 9.83. The van der Waals surface area contributed by atoms with Gasteiger partial charge in [0.05, 0.1) is 11.2 Å². The van der Waals surface area contributed by atoms with E-state index in [-0.39, 0.29) is 22.9 Å². The number of pyridine rings is 1. The quantitative estimate of drug-likeness (QED) is 0.711. The lowest BCUT2D eigenvalue weighted by molar-refractivity contribution is -0.129. The van der Waals surface area contributed by atoms with Crippen LogP contribution >= 0.6 is 0 Å². The zero-order chi connectivity index (χ0) is 21.4. The molecule has 1 saturated carbocycles. The molecular formula is C21H21FN4O4. The number of piperazine rings is 1. The van der Waals surface area contributed by atoms with Gasteiger partial charge in [-0.25, -0.2) is 9.18 Å². The lowest BCUT2D eigenvalue weighted by Gasteiger charge is -2.36. The fourth-order valence-electron chi connectivity index (χ4n) is 3.84. The van der Waals surface area contributed by atoms with Crippen LogP contribution in [0.5, 0.6) is 0 Å². The average molecular weight is 412 g/mol. The molecule has 4 rings (SSSR count). The molecule has 0 atom stereocenters. The van der Waals surface area contributed by atoms with Crippen LogP contribution in [-0.4, -0.2) is 54.1 Å². The van der Waals surface area contributed by atoms with Gasteiger partial charge in [-0.3, -0.25) is 9.59 Å². The fraction of sp³-hybridized carbons (Fsp3) is 0.429. The van der Waals surface area contributed by atoms with E-state index in [4.69, 9.17) is 10.00 Å². The molecule has 2 fully saturated rings. The van der Waals surface area contributed by atoms with Crippen molar-refractivity contribution >= 4 is 28.5 Å². The molecule has 9 heteroatoms. The summed E-state index contributed by atoms with van der Waals surface area (Å²) in [6, 6.07) is 4.65. The zero-order valence-electron chi connectivity index (χ0n) is 16.6. The minimum Gasteiger partial charge on any atom is -0.447 e. The Morgan fingerprint density at radius 3 is 2.53 bits per heavy atom. The number of aromatic nitrogens is 1. The molecule has 0 bridgehead atoms. The molecule has 0 spiro atoms. The fourth-order valence-corrected chi connectivity index (χ4v) is 3.84. The largest absolute Gasteiger partial charge is 0.447 e. The minimum absolute atomic E-state index is 0.00739. The number of nitrogens with zero attached hydrogens (tertiary/aromatic N) is 4. The van der Waals surface area contributed by atoms with Gasteiger partial charge in [-0.05, 0) is 25.0 Å². The summed E-state index contributed by atoms with van der Waals surface area (Å²) in [5.41, 5.74) is 0.118. The van der Waals surface area contributed by atoms with E-state index in [9.17, 15) is 18.8 Å².